The summed E-state index contributed by atoms with van der Waals surface area (Å²) in [5.74, 6) is -0.132. The van der Waals surface area contributed by atoms with Crippen molar-refractivity contribution in [3.05, 3.63) is 0 Å². The van der Waals surface area contributed by atoms with Crippen LogP contribution in [0.4, 0.5) is 0 Å². The summed E-state index contributed by atoms with van der Waals surface area (Å²) in [6.07, 6.45) is 3.37. The molecule has 1 aliphatic carbocycles. The molecule has 0 aliphatic heterocycles. The largest absolute Gasteiger partial charge is 0.353 e. The summed E-state index contributed by atoms with van der Waals surface area (Å²) in [4.78, 5) is 11.7. The number of carbonyl (C=O) groups excluding carboxylic acids is 1. The molecule has 0 saturated heterocycles. The highest BCUT2D eigenvalue weighted by Gasteiger charge is 2.36. The smallest absolute Gasteiger partial charge is 0.240 e. The van der Waals surface area contributed by atoms with Crippen LogP contribution in [-0.4, -0.2) is 38.7 Å². The fourth-order valence-electron chi connectivity index (χ4n) is 1.89. The summed E-state index contributed by atoms with van der Waals surface area (Å²) in [5, 5.41) is 2.67. The third kappa shape index (κ3) is 4.25. The van der Waals surface area contributed by atoms with Crippen LogP contribution in [0.3, 0.4) is 0 Å². The lowest BCUT2D eigenvalue weighted by molar-refractivity contribution is -0.126. The monoisotopic (exact) mass is 263 g/mol. The number of nitrogens with two attached hydrogens (primary N) is 1. The topological polar surface area (TPSA) is 101 Å². The third-order valence-corrected chi connectivity index (χ3v) is 4.46. The minimum absolute atomic E-state index is 0.0434. The van der Waals surface area contributed by atoms with Crippen molar-refractivity contribution >= 4 is 15.9 Å². The van der Waals surface area contributed by atoms with Gasteiger partial charge in [0.05, 0.1) is 11.3 Å². The van der Waals surface area contributed by atoms with E-state index in [1.54, 1.807) is 6.92 Å². The first-order valence-electron chi connectivity index (χ1n) is 5.94. The molecular formula is C10H21N3O3S. The number of rotatable bonds is 6. The highest BCUT2D eigenvalue weighted by molar-refractivity contribution is 7.89. The zero-order valence-electron chi connectivity index (χ0n) is 10.2. The minimum Gasteiger partial charge on any atom is -0.353 e. The van der Waals surface area contributed by atoms with Crippen molar-refractivity contribution in [2.24, 2.45) is 5.73 Å². The number of carbonyl (C=O) groups is 1. The van der Waals surface area contributed by atoms with Crippen LogP contribution in [0, 0.1) is 0 Å². The van der Waals surface area contributed by atoms with E-state index in [1.807, 2.05) is 0 Å². The van der Waals surface area contributed by atoms with E-state index in [2.05, 4.69) is 10.0 Å². The van der Waals surface area contributed by atoms with Crippen LogP contribution in [0.1, 0.15) is 32.6 Å². The Morgan fingerprint density at radius 3 is 2.41 bits per heavy atom. The summed E-state index contributed by atoms with van der Waals surface area (Å²) in [6, 6.07) is 0. The molecule has 1 rings (SSSR count). The van der Waals surface area contributed by atoms with Crippen LogP contribution >= 0.6 is 0 Å². The Balaban J connectivity index is 2.25. The maximum Gasteiger partial charge on any atom is 0.240 e. The molecule has 0 aromatic heterocycles. The van der Waals surface area contributed by atoms with E-state index in [0.29, 0.717) is 12.8 Å². The molecule has 0 spiro atoms. The van der Waals surface area contributed by atoms with Crippen LogP contribution in [0.15, 0.2) is 0 Å². The first-order valence-corrected chi connectivity index (χ1v) is 7.59. The zero-order chi connectivity index (χ0) is 12.9. The highest BCUT2D eigenvalue weighted by Crippen LogP contribution is 2.26. The molecule has 0 aromatic carbocycles. The van der Waals surface area contributed by atoms with Crippen molar-refractivity contribution in [2.75, 3.05) is 18.8 Å². The molecule has 4 N–H and O–H groups in total. The fourth-order valence-corrected chi connectivity index (χ4v) is 2.51. The minimum atomic E-state index is -3.18. The molecule has 0 bridgehead atoms. The van der Waals surface area contributed by atoms with E-state index in [4.69, 9.17) is 5.73 Å². The van der Waals surface area contributed by atoms with E-state index in [9.17, 15) is 13.2 Å². The normalized spacial score (nSPS) is 19.2. The van der Waals surface area contributed by atoms with Crippen molar-refractivity contribution in [1.82, 2.24) is 10.0 Å². The molecule has 17 heavy (non-hydrogen) atoms. The van der Waals surface area contributed by atoms with E-state index < -0.39 is 15.6 Å². The summed E-state index contributed by atoms with van der Waals surface area (Å²) < 4.78 is 24.6. The molecular weight excluding hydrogens is 242 g/mol. The molecule has 1 saturated carbocycles. The van der Waals surface area contributed by atoms with Crippen molar-refractivity contribution in [1.29, 1.82) is 0 Å². The van der Waals surface area contributed by atoms with Gasteiger partial charge < -0.3 is 11.1 Å². The van der Waals surface area contributed by atoms with Gasteiger partial charge in [0.15, 0.2) is 0 Å². The Hall–Kier alpha value is -0.660. The number of amides is 1. The molecule has 1 fully saturated rings. The SMILES string of the molecule is CCS(=O)(=O)NCCNC(=O)C1(N)CCCC1. The average Bonchev–Trinajstić information content (AvgIpc) is 2.72. The third-order valence-electron chi connectivity index (χ3n) is 3.06. The molecule has 0 atom stereocenters. The van der Waals surface area contributed by atoms with Gasteiger partial charge >= 0.3 is 0 Å². The molecule has 0 aromatic rings. The van der Waals surface area contributed by atoms with Crippen LogP contribution in [0.25, 0.3) is 0 Å². The van der Waals surface area contributed by atoms with E-state index in [0.717, 1.165) is 12.8 Å². The maximum atomic E-state index is 11.7. The summed E-state index contributed by atoms with van der Waals surface area (Å²) in [6.45, 7) is 2.04. The van der Waals surface area contributed by atoms with Gasteiger partial charge in [-0.15, -0.1) is 0 Å². The first-order chi connectivity index (χ1) is 7.90. The molecule has 100 valence electrons. The van der Waals surface area contributed by atoms with Crippen LogP contribution in [-0.2, 0) is 14.8 Å². The lowest BCUT2D eigenvalue weighted by Gasteiger charge is -2.22. The lowest BCUT2D eigenvalue weighted by Crippen LogP contribution is -2.53. The summed E-state index contributed by atoms with van der Waals surface area (Å²) >= 11 is 0. The molecule has 1 amide bonds. The Morgan fingerprint density at radius 2 is 1.88 bits per heavy atom. The quantitative estimate of drug-likeness (QED) is 0.552. The zero-order valence-corrected chi connectivity index (χ0v) is 11.0. The fraction of sp³-hybridized carbons (Fsp3) is 0.900. The van der Waals surface area contributed by atoms with Gasteiger partial charge in [0.2, 0.25) is 15.9 Å². The molecule has 6 nitrogen and oxygen atoms in total. The predicted molar refractivity (Wildman–Crippen MR) is 65.9 cm³/mol. The average molecular weight is 263 g/mol. The van der Waals surface area contributed by atoms with Crippen molar-refractivity contribution in [2.45, 2.75) is 38.1 Å². The van der Waals surface area contributed by atoms with Crippen LogP contribution in [0.5, 0.6) is 0 Å². The Labute approximate surface area is 102 Å². The lowest BCUT2D eigenvalue weighted by atomic mass is 9.98. The van der Waals surface area contributed by atoms with Gasteiger partial charge in [0.1, 0.15) is 0 Å². The molecule has 0 unspecified atom stereocenters. The van der Waals surface area contributed by atoms with Crippen molar-refractivity contribution < 1.29 is 13.2 Å². The van der Waals surface area contributed by atoms with E-state index in [-0.39, 0.29) is 24.7 Å². The molecule has 0 radical (unpaired) electrons. The Morgan fingerprint density at radius 1 is 1.29 bits per heavy atom. The van der Waals surface area contributed by atoms with Gasteiger partial charge in [-0.2, -0.15) is 0 Å². The van der Waals surface area contributed by atoms with E-state index in [1.165, 1.54) is 0 Å². The number of hydrogen-bond donors (Lipinski definition) is 3. The molecule has 0 heterocycles. The number of nitrogens with one attached hydrogen (secondary N) is 2. The maximum absolute atomic E-state index is 11.7. The van der Waals surface area contributed by atoms with Crippen molar-refractivity contribution in [3.63, 3.8) is 0 Å². The second-order valence-electron chi connectivity index (χ2n) is 4.42. The van der Waals surface area contributed by atoms with Crippen LogP contribution < -0.4 is 15.8 Å². The molecule has 1 aliphatic rings. The second kappa shape index (κ2) is 5.79. The highest BCUT2D eigenvalue weighted by atomic mass is 32.2. The van der Waals surface area contributed by atoms with Gasteiger partial charge in [-0.3, -0.25) is 4.79 Å². The number of sulfonamides is 1. The predicted octanol–water partition coefficient (Wildman–Crippen LogP) is -0.687. The summed E-state index contributed by atoms with van der Waals surface area (Å²) in [5.41, 5.74) is 5.20. The second-order valence-corrected chi connectivity index (χ2v) is 6.51. The van der Waals surface area contributed by atoms with Crippen LogP contribution in [0.2, 0.25) is 0 Å². The number of hydrogen-bond acceptors (Lipinski definition) is 4. The van der Waals surface area contributed by atoms with Crippen molar-refractivity contribution in [3.8, 4) is 0 Å². The van der Waals surface area contributed by atoms with Gasteiger partial charge in [0, 0.05) is 13.1 Å². The van der Waals surface area contributed by atoms with Gasteiger partial charge in [-0.05, 0) is 19.8 Å². The van der Waals surface area contributed by atoms with E-state index >= 15 is 0 Å². The Bertz CT molecular complexity index is 361. The summed E-state index contributed by atoms with van der Waals surface area (Å²) in [7, 11) is -3.18. The Kier molecular flexibility index (Phi) is 4.91. The van der Waals surface area contributed by atoms with Gasteiger partial charge in [0.25, 0.3) is 0 Å². The molecule has 7 heteroatoms. The first kappa shape index (κ1) is 14.4. The van der Waals surface area contributed by atoms with Gasteiger partial charge in [-0.1, -0.05) is 12.8 Å². The standard InChI is InChI=1S/C10H21N3O3S/c1-2-17(15,16)13-8-7-12-9(14)10(11)5-3-4-6-10/h13H,2-8,11H2,1H3,(H,12,14). The van der Waals surface area contributed by atoms with Gasteiger partial charge in [-0.25, -0.2) is 13.1 Å².